The van der Waals surface area contributed by atoms with Crippen molar-refractivity contribution < 1.29 is 9.47 Å². The summed E-state index contributed by atoms with van der Waals surface area (Å²) >= 11 is 6.28. The number of likely N-dealkylation sites (N-methyl/N-ethyl adjacent to an activating group) is 1. The number of methoxy groups -OCH3 is 2. The summed E-state index contributed by atoms with van der Waals surface area (Å²) in [6, 6.07) is 13.5. The number of nitrogens with one attached hydrogen (secondary N) is 1. The molecule has 7 heteroatoms. The lowest BCUT2D eigenvalue weighted by Gasteiger charge is -2.20. The third-order valence-corrected chi connectivity index (χ3v) is 5.17. The largest absolute Gasteiger partial charge is 0.495 e. The van der Waals surface area contributed by atoms with Gasteiger partial charge in [0.05, 0.1) is 35.9 Å². The van der Waals surface area contributed by atoms with Crippen LogP contribution in [0.2, 0.25) is 5.02 Å². The molecule has 30 heavy (non-hydrogen) atoms. The Bertz CT molecular complexity index is 1060. The second kappa shape index (κ2) is 10.3. The van der Waals surface area contributed by atoms with Gasteiger partial charge < -0.3 is 14.8 Å². The van der Waals surface area contributed by atoms with E-state index in [1.807, 2.05) is 43.6 Å². The van der Waals surface area contributed by atoms with Crippen molar-refractivity contribution in [1.29, 1.82) is 5.26 Å². The Balaban J connectivity index is 1.94. The van der Waals surface area contributed by atoms with Crippen molar-refractivity contribution in [2.75, 3.05) is 39.7 Å². The van der Waals surface area contributed by atoms with Crippen LogP contribution in [0.15, 0.2) is 42.6 Å². The van der Waals surface area contributed by atoms with Gasteiger partial charge in [0.25, 0.3) is 0 Å². The number of hydrogen-bond donors (Lipinski definition) is 1. The maximum Gasteiger partial charge on any atom is 0.137 e. The summed E-state index contributed by atoms with van der Waals surface area (Å²) in [6.07, 6.45) is 1.89. The highest BCUT2D eigenvalue weighted by Gasteiger charge is 2.12. The number of halogens is 1. The first-order valence-electron chi connectivity index (χ1n) is 9.61. The Morgan fingerprint density at radius 1 is 1.20 bits per heavy atom. The molecule has 0 atom stereocenters. The number of anilines is 1. The number of nitrogens with zero attached hydrogens (tertiary/aromatic N) is 3. The Kier molecular flexibility index (Phi) is 7.47. The van der Waals surface area contributed by atoms with Crippen LogP contribution in [0.5, 0.6) is 5.75 Å². The molecule has 0 saturated heterocycles. The van der Waals surface area contributed by atoms with Crippen molar-refractivity contribution in [3.05, 3.63) is 64.3 Å². The van der Waals surface area contributed by atoms with Crippen molar-refractivity contribution in [2.24, 2.45) is 0 Å². The maximum absolute atomic E-state index is 9.35. The fourth-order valence-corrected chi connectivity index (χ4v) is 3.54. The van der Waals surface area contributed by atoms with Crippen molar-refractivity contribution in [2.45, 2.75) is 13.1 Å². The molecule has 1 N–H and O–H groups in total. The highest BCUT2D eigenvalue weighted by Crippen LogP contribution is 2.30. The Morgan fingerprint density at radius 2 is 2.03 bits per heavy atom. The van der Waals surface area contributed by atoms with Crippen molar-refractivity contribution in [3.63, 3.8) is 0 Å². The molecule has 1 aromatic heterocycles. The second-order valence-corrected chi connectivity index (χ2v) is 7.46. The van der Waals surface area contributed by atoms with Gasteiger partial charge >= 0.3 is 0 Å². The molecule has 3 aromatic rings. The standard InChI is InChI=1S/C23H25ClN4O2/c1-28(8-9-29-2)15-18-14-26-21-6-4-16(12-25)10-19(21)23(18)27-13-17-5-7-22(30-3)20(24)11-17/h4-7,10-11,14H,8-9,13,15H2,1-3H3,(H,26,27). The van der Waals surface area contributed by atoms with Crippen molar-refractivity contribution in [1.82, 2.24) is 9.88 Å². The molecule has 2 aromatic carbocycles. The SMILES string of the molecule is COCCN(C)Cc1cnc2ccc(C#N)cc2c1NCc1ccc(OC)c(Cl)c1. The number of rotatable bonds is 9. The van der Waals surface area contributed by atoms with E-state index in [0.29, 0.717) is 36.0 Å². The van der Waals surface area contributed by atoms with E-state index < -0.39 is 0 Å². The molecule has 156 valence electrons. The second-order valence-electron chi connectivity index (χ2n) is 7.06. The van der Waals surface area contributed by atoms with Crippen molar-refractivity contribution in [3.8, 4) is 11.8 Å². The lowest BCUT2D eigenvalue weighted by Crippen LogP contribution is -2.23. The first-order chi connectivity index (χ1) is 14.5. The predicted octanol–water partition coefficient (Wildman–Crippen LogP) is 4.46. The molecule has 0 aliphatic rings. The van der Waals surface area contributed by atoms with Gasteiger partial charge in [-0.2, -0.15) is 5.26 Å². The van der Waals surface area contributed by atoms with Crippen LogP contribution in [-0.2, 0) is 17.8 Å². The number of aromatic nitrogens is 1. The predicted molar refractivity (Wildman–Crippen MR) is 120 cm³/mol. The van der Waals surface area contributed by atoms with Crippen LogP contribution in [0.1, 0.15) is 16.7 Å². The summed E-state index contributed by atoms with van der Waals surface area (Å²) in [7, 11) is 5.34. The van der Waals surface area contributed by atoms with Crippen LogP contribution >= 0.6 is 11.6 Å². The van der Waals surface area contributed by atoms with E-state index in [1.165, 1.54) is 0 Å². The Morgan fingerprint density at radius 3 is 2.73 bits per heavy atom. The summed E-state index contributed by atoms with van der Waals surface area (Å²) in [5, 5.41) is 14.4. The van der Waals surface area contributed by atoms with E-state index in [-0.39, 0.29) is 0 Å². The molecule has 0 fully saturated rings. The molecule has 0 aliphatic carbocycles. The number of ether oxygens (including phenoxy) is 2. The van der Waals surface area contributed by atoms with E-state index in [4.69, 9.17) is 21.1 Å². The van der Waals surface area contributed by atoms with Crippen LogP contribution in [-0.4, -0.2) is 44.3 Å². The smallest absolute Gasteiger partial charge is 0.137 e. The number of nitriles is 1. The third kappa shape index (κ3) is 5.19. The summed E-state index contributed by atoms with van der Waals surface area (Å²) in [4.78, 5) is 6.77. The van der Waals surface area contributed by atoms with Crippen molar-refractivity contribution >= 4 is 28.2 Å². The average Bonchev–Trinajstić information content (AvgIpc) is 2.76. The van der Waals surface area contributed by atoms with Gasteiger partial charge in [0.1, 0.15) is 5.75 Å². The van der Waals surface area contributed by atoms with Gasteiger partial charge in [0.2, 0.25) is 0 Å². The van der Waals surface area contributed by atoms with E-state index >= 15 is 0 Å². The first-order valence-corrected chi connectivity index (χ1v) is 9.99. The monoisotopic (exact) mass is 424 g/mol. The molecule has 1 heterocycles. The van der Waals surface area contributed by atoms with Crippen LogP contribution in [0.25, 0.3) is 10.9 Å². The Hall–Kier alpha value is -2.85. The van der Waals surface area contributed by atoms with Crippen LogP contribution in [0, 0.1) is 11.3 Å². The lowest BCUT2D eigenvalue weighted by atomic mass is 10.1. The van der Waals surface area contributed by atoms with E-state index in [2.05, 4.69) is 21.3 Å². The topological polar surface area (TPSA) is 70.4 Å². The highest BCUT2D eigenvalue weighted by molar-refractivity contribution is 6.32. The minimum Gasteiger partial charge on any atom is -0.495 e. The quantitative estimate of drug-likeness (QED) is 0.547. The number of pyridine rings is 1. The van der Waals surface area contributed by atoms with Gasteiger partial charge in [-0.25, -0.2) is 0 Å². The van der Waals surface area contributed by atoms with Crippen LogP contribution < -0.4 is 10.1 Å². The molecule has 0 saturated carbocycles. The third-order valence-electron chi connectivity index (χ3n) is 4.88. The zero-order valence-corrected chi connectivity index (χ0v) is 18.2. The molecular formula is C23H25ClN4O2. The highest BCUT2D eigenvalue weighted by atomic mass is 35.5. The summed E-state index contributed by atoms with van der Waals surface area (Å²) in [5.41, 5.74) is 4.49. The molecule has 0 aliphatic heterocycles. The van der Waals surface area contributed by atoms with Gasteiger partial charge in [-0.15, -0.1) is 0 Å². The summed E-state index contributed by atoms with van der Waals surface area (Å²) < 4.78 is 10.4. The van der Waals surface area contributed by atoms with E-state index in [0.717, 1.165) is 34.3 Å². The molecule has 0 spiro atoms. The Labute approximate surface area is 182 Å². The number of fused-ring (bicyclic) bond motifs is 1. The van der Waals surface area contributed by atoms with Gasteiger partial charge in [-0.3, -0.25) is 9.88 Å². The number of hydrogen-bond acceptors (Lipinski definition) is 6. The molecule has 0 amide bonds. The number of benzene rings is 2. The van der Waals surface area contributed by atoms with Gasteiger partial charge in [-0.05, 0) is 42.9 Å². The average molecular weight is 425 g/mol. The summed E-state index contributed by atoms with van der Waals surface area (Å²) in [5.74, 6) is 0.647. The lowest BCUT2D eigenvalue weighted by molar-refractivity contribution is 0.158. The molecule has 0 radical (unpaired) electrons. The molecule has 0 bridgehead atoms. The van der Waals surface area contributed by atoms with Crippen LogP contribution in [0.3, 0.4) is 0 Å². The first kappa shape index (κ1) is 21.8. The summed E-state index contributed by atoms with van der Waals surface area (Å²) in [6.45, 7) is 2.74. The molecule has 6 nitrogen and oxygen atoms in total. The minimum absolute atomic E-state index is 0.572. The molecule has 3 rings (SSSR count). The van der Waals surface area contributed by atoms with E-state index in [1.54, 1.807) is 20.3 Å². The minimum atomic E-state index is 0.572. The maximum atomic E-state index is 9.35. The van der Waals surface area contributed by atoms with E-state index in [9.17, 15) is 5.26 Å². The van der Waals surface area contributed by atoms with Gasteiger partial charge in [0, 0.05) is 49.6 Å². The van der Waals surface area contributed by atoms with Gasteiger partial charge in [-0.1, -0.05) is 17.7 Å². The zero-order chi connectivity index (χ0) is 21.5. The normalized spacial score (nSPS) is 10.9. The molecule has 0 unspecified atom stereocenters. The van der Waals surface area contributed by atoms with Gasteiger partial charge in [0.15, 0.2) is 0 Å². The van der Waals surface area contributed by atoms with Crippen LogP contribution in [0.4, 0.5) is 5.69 Å². The fourth-order valence-electron chi connectivity index (χ4n) is 3.26. The molecular weight excluding hydrogens is 400 g/mol. The zero-order valence-electron chi connectivity index (χ0n) is 17.4. The fraction of sp³-hybridized carbons (Fsp3) is 0.304.